The van der Waals surface area contributed by atoms with Crippen LogP contribution >= 0.6 is 11.8 Å². The summed E-state index contributed by atoms with van der Waals surface area (Å²) < 4.78 is 0.159. The van der Waals surface area contributed by atoms with Crippen LogP contribution in [0, 0.1) is 17.0 Å². The number of rotatable bonds is 5. The summed E-state index contributed by atoms with van der Waals surface area (Å²) in [6.07, 6.45) is 0. The zero-order valence-electron chi connectivity index (χ0n) is 12.2. The van der Waals surface area contributed by atoms with Gasteiger partial charge in [0.15, 0.2) is 0 Å². The zero-order chi connectivity index (χ0) is 15.3. The normalized spacial score (nSPS) is 11.2. The van der Waals surface area contributed by atoms with E-state index in [0.29, 0.717) is 17.7 Å². The van der Waals surface area contributed by atoms with Crippen LogP contribution in [0.4, 0.5) is 5.69 Å². The number of nitro benzene ring substituents is 1. The first-order valence-corrected chi connectivity index (χ1v) is 7.37. The Balaban J connectivity index is 2.65. The van der Waals surface area contributed by atoms with Crippen molar-refractivity contribution in [2.75, 3.05) is 12.3 Å². The molecule has 0 aliphatic rings. The van der Waals surface area contributed by atoms with E-state index in [0.717, 1.165) is 5.75 Å². The molecule has 0 spiro atoms. The molecule has 6 heteroatoms. The monoisotopic (exact) mass is 296 g/mol. The predicted molar refractivity (Wildman–Crippen MR) is 82.4 cm³/mol. The first-order valence-electron chi connectivity index (χ1n) is 6.38. The minimum absolute atomic E-state index is 0.0262. The van der Waals surface area contributed by atoms with E-state index >= 15 is 0 Å². The van der Waals surface area contributed by atoms with Crippen molar-refractivity contribution in [3.63, 3.8) is 0 Å². The molecule has 1 rings (SSSR count). The quantitative estimate of drug-likeness (QED) is 0.514. The van der Waals surface area contributed by atoms with Crippen LogP contribution in [0.15, 0.2) is 18.2 Å². The molecule has 0 saturated carbocycles. The van der Waals surface area contributed by atoms with E-state index in [1.807, 2.05) is 0 Å². The number of carbonyl (C=O) groups is 1. The molecule has 110 valence electrons. The van der Waals surface area contributed by atoms with E-state index in [2.05, 4.69) is 26.1 Å². The highest BCUT2D eigenvalue weighted by molar-refractivity contribution is 8.00. The van der Waals surface area contributed by atoms with Gasteiger partial charge in [-0.3, -0.25) is 14.9 Å². The van der Waals surface area contributed by atoms with E-state index in [4.69, 9.17) is 0 Å². The second-order valence-electron chi connectivity index (χ2n) is 5.42. The Labute approximate surface area is 123 Å². The van der Waals surface area contributed by atoms with Crippen LogP contribution in [0.1, 0.15) is 36.7 Å². The van der Waals surface area contributed by atoms with Crippen molar-refractivity contribution in [1.29, 1.82) is 0 Å². The van der Waals surface area contributed by atoms with E-state index in [9.17, 15) is 14.9 Å². The van der Waals surface area contributed by atoms with E-state index < -0.39 is 4.92 Å². The molecule has 5 nitrogen and oxygen atoms in total. The van der Waals surface area contributed by atoms with Gasteiger partial charge in [0.25, 0.3) is 11.6 Å². The lowest BCUT2D eigenvalue weighted by molar-refractivity contribution is -0.385. The summed E-state index contributed by atoms with van der Waals surface area (Å²) >= 11 is 1.76. The number of benzene rings is 1. The van der Waals surface area contributed by atoms with Crippen molar-refractivity contribution in [2.24, 2.45) is 0 Å². The van der Waals surface area contributed by atoms with Gasteiger partial charge in [-0.2, -0.15) is 11.8 Å². The minimum atomic E-state index is -0.471. The number of hydrogen-bond donors (Lipinski definition) is 1. The lowest BCUT2D eigenvalue weighted by atomic mass is 10.1. The molecular weight excluding hydrogens is 276 g/mol. The lowest BCUT2D eigenvalue weighted by Gasteiger charge is -2.17. The van der Waals surface area contributed by atoms with E-state index in [1.54, 1.807) is 24.8 Å². The Bertz CT molecular complexity index is 510. The second kappa shape index (κ2) is 6.74. The Morgan fingerprint density at radius 2 is 2.05 bits per heavy atom. The number of amides is 1. The second-order valence-corrected chi connectivity index (χ2v) is 7.35. The van der Waals surface area contributed by atoms with Crippen molar-refractivity contribution in [3.8, 4) is 0 Å². The highest BCUT2D eigenvalue weighted by atomic mass is 32.2. The Morgan fingerprint density at radius 3 is 2.60 bits per heavy atom. The third kappa shape index (κ3) is 4.85. The summed E-state index contributed by atoms with van der Waals surface area (Å²) in [5, 5.41) is 13.6. The molecule has 0 fully saturated rings. The average molecular weight is 296 g/mol. The van der Waals surface area contributed by atoms with Gasteiger partial charge in [0, 0.05) is 34.2 Å². The molecule has 0 saturated heterocycles. The molecule has 0 aliphatic carbocycles. The first kappa shape index (κ1) is 16.5. The largest absolute Gasteiger partial charge is 0.351 e. The highest BCUT2D eigenvalue weighted by Gasteiger charge is 2.17. The molecule has 0 unspecified atom stereocenters. The summed E-state index contributed by atoms with van der Waals surface area (Å²) in [5.74, 6) is 0.546. The van der Waals surface area contributed by atoms with Crippen molar-refractivity contribution in [3.05, 3.63) is 39.4 Å². The summed E-state index contributed by atoms with van der Waals surface area (Å²) in [6, 6.07) is 4.54. The molecule has 1 N–H and O–H groups in total. The summed E-state index contributed by atoms with van der Waals surface area (Å²) in [7, 11) is 0. The molecule has 0 radical (unpaired) electrons. The van der Waals surface area contributed by atoms with Crippen LogP contribution in [0.2, 0.25) is 0 Å². The van der Waals surface area contributed by atoms with Crippen molar-refractivity contribution < 1.29 is 9.72 Å². The van der Waals surface area contributed by atoms with Gasteiger partial charge in [0.1, 0.15) is 0 Å². The fraction of sp³-hybridized carbons (Fsp3) is 0.500. The minimum Gasteiger partial charge on any atom is -0.351 e. The van der Waals surface area contributed by atoms with Gasteiger partial charge < -0.3 is 5.32 Å². The SMILES string of the molecule is Cc1c(C(=O)NCCSC(C)(C)C)cccc1[N+](=O)[O-]. The number of nitrogens with zero attached hydrogens (tertiary/aromatic N) is 1. The fourth-order valence-corrected chi connectivity index (χ4v) is 2.50. The number of carbonyl (C=O) groups excluding carboxylic acids is 1. The van der Waals surface area contributed by atoms with Gasteiger partial charge in [-0.15, -0.1) is 0 Å². The topological polar surface area (TPSA) is 72.2 Å². The van der Waals surface area contributed by atoms with E-state index in [1.165, 1.54) is 12.1 Å². The standard InChI is InChI=1S/C14H20N2O3S/c1-10-11(6-5-7-12(10)16(18)19)13(17)15-8-9-20-14(2,3)4/h5-7H,8-9H2,1-4H3,(H,15,17). The lowest BCUT2D eigenvalue weighted by Crippen LogP contribution is -2.27. The Kier molecular flexibility index (Phi) is 5.56. The van der Waals surface area contributed by atoms with Gasteiger partial charge in [-0.1, -0.05) is 26.8 Å². The molecule has 0 atom stereocenters. The molecule has 1 amide bonds. The number of thioether (sulfide) groups is 1. The van der Waals surface area contributed by atoms with Crippen LogP contribution in [0.5, 0.6) is 0 Å². The molecule has 0 aromatic heterocycles. The number of nitrogens with one attached hydrogen (secondary N) is 1. The van der Waals surface area contributed by atoms with Gasteiger partial charge >= 0.3 is 0 Å². The van der Waals surface area contributed by atoms with Gasteiger partial charge in [-0.25, -0.2) is 0 Å². The van der Waals surface area contributed by atoms with E-state index in [-0.39, 0.29) is 16.3 Å². The molecule has 0 heterocycles. The van der Waals surface area contributed by atoms with Gasteiger partial charge in [-0.05, 0) is 13.0 Å². The molecule has 20 heavy (non-hydrogen) atoms. The van der Waals surface area contributed by atoms with Crippen molar-refractivity contribution >= 4 is 23.4 Å². The maximum Gasteiger partial charge on any atom is 0.273 e. The zero-order valence-corrected chi connectivity index (χ0v) is 13.0. The fourth-order valence-electron chi connectivity index (χ4n) is 1.68. The van der Waals surface area contributed by atoms with Crippen LogP contribution in [0.3, 0.4) is 0 Å². The van der Waals surface area contributed by atoms with Crippen LogP contribution in [-0.4, -0.2) is 27.9 Å². The van der Waals surface area contributed by atoms with Crippen molar-refractivity contribution in [1.82, 2.24) is 5.32 Å². The first-order chi connectivity index (χ1) is 9.22. The summed E-state index contributed by atoms with van der Waals surface area (Å²) in [6.45, 7) is 8.48. The van der Waals surface area contributed by atoms with Gasteiger partial charge in [0.2, 0.25) is 0 Å². The van der Waals surface area contributed by atoms with Crippen molar-refractivity contribution in [2.45, 2.75) is 32.4 Å². The Hall–Kier alpha value is -1.56. The van der Waals surface area contributed by atoms with Gasteiger partial charge in [0.05, 0.1) is 4.92 Å². The Morgan fingerprint density at radius 1 is 1.40 bits per heavy atom. The number of nitro groups is 1. The highest BCUT2D eigenvalue weighted by Crippen LogP contribution is 2.23. The smallest absolute Gasteiger partial charge is 0.273 e. The number of hydrogen-bond acceptors (Lipinski definition) is 4. The average Bonchev–Trinajstić information content (AvgIpc) is 2.33. The molecule has 1 aromatic carbocycles. The van der Waals surface area contributed by atoms with Crippen LogP contribution in [-0.2, 0) is 0 Å². The van der Waals surface area contributed by atoms with Crippen LogP contribution < -0.4 is 5.32 Å². The molecule has 0 bridgehead atoms. The van der Waals surface area contributed by atoms with Crippen LogP contribution in [0.25, 0.3) is 0 Å². The molecular formula is C14H20N2O3S. The third-order valence-electron chi connectivity index (χ3n) is 2.67. The molecule has 1 aromatic rings. The maximum atomic E-state index is 12.0. The summed E-state index contributed by atoms with van der Waals surface area (Å²) in [5.41, 5.74) is 0.736. The third-order valence-corrected chi connectivity index (χ3v) is 3.94. The predicted octanol–water partition coefficient (Wildman–Crippen LogP) is 3.16. The maximum absolute atomic E-state index is 12.0. The molecule has 0 aliphatic heterocycles. The summed E-state index contributed by atoms with van der Waals surface area (Å²) in [4.78, 5) is 22.4.